The molecule has 0 amide bonds. The van der Waals surface area contributed by atoms with Gasteiger partial charge in [-0.15, -0.1) is 0 Å². The number of carbonyl (C=O) groups excluding carboxylic acids is 2. The number of hydrogen-bond acceptors (Lipinski definition) is 10. The summed E-state index contributed by atoms with van der Waals surface area (Å²) in [7, 11) is 9.01. The molecule has 10 heteroatoms. The average molecular weight is 600 g/mol. The maximum atomic E-state index is 13.7. The molecule has 1 spiro atoms. The number of hydrogen-bond donors (Lipinski definition) is 1. The third-order valence-electron chi connectivity index (χ3n) is 12.7. The predicted molar refractivity (Wildman–Crippen MR) is 153 cm³/mol. The van der Waals surface area contributed by atoms with E-state index in [9.17, 15) is 14.7 Å². The highest BCUT2D eigenvalue weighted by Gasteiger charge is 2.89. The fraction of sp³-hybridized carbons (Fsp3) is 0.758. The van der Waals surface area contributed by atoms with E-state index in [2.05, 4.69) is 11.9 Å². The van der Waals surface area contributed by atoms with E-state index in [0.717, 1.165) is 19.4 Å². The van der Waals surface area contributed by atoms with E-state index >= 15 is 0 Å². The smallest absolute Gasteiger partial charge is 0.338 e. The summed E-state index contributed by atoms with van der Waals surface area (Å²) in [6.45, 7) is 2.82. The van der Waals surface area contributed by atoms with Crippen molar-refractivity contribution in [2.24, 2.45) is 34.5 Å². The maximum Gasteiger partial charge on any atom is 0.338 e. The molecule has 43 heavy (non-hydrogen) atoms. The molecule has 6 aliphatic rings. The number of methoxy groups -OCH3 is 4. The minimum absolute atomic E-state index is 0.0201. The predicted octanol–water partition coefficient (Wildman–Crippen LogP) is 2.32. The van der Waals surface area contributed by atoms with Crippen molar-refractivity contribution in [3.8, 4) is 0 Å². The van der Waals surface area contributed by atoms with Crippen molar-refractivity contribution >= 4 is 11.9 Å². The Kier molecular flexibility index (Phi) is 6.86. The lowest BCUT2D eigenvalue weighted by atomic mass is 9.43. The van der Waals surface area contributed by atoms with Crippen molar-refractivity contribution in [3.05, 3.63) is 35.9 Å². The second-order valence-corrected chi connectivity index (χ2v) is 14.1. The van der Waals surface area contributed by atoms with E-state index in [1.807, 2.05) is 6.07 Å². The summed E-state index contributed by atoms with van der Waals surface area (Å²) in [4.78, 5) is 29.2. The average Bonchev–Trinajstić information content (AvgIpc) is 3.37. The minimum Gasteiger partial charge on any atom is -0.458 e. The Morgan fingerprint density at radius 3 is 2.35 bits per heavy atom. The fourth-order valence-electron chi connectivity index (χ4n) is 12.2. The molecule has 10 nitrogen and oxygen atoms in total. The first-order valence-electron chi connectivity index (χ1n) is 15.5. The largest absolute Gasteiger partial charge is 0.458 e. The van der Waals surface area contributed by atoms with Crippen LogP contribution in [0.5, 0.6) is 0 Å². The highest BCUT2D eigenvalue weighted by molar-refractivity contribution is 5.89. The number of esters is 2. The van der Waals surface area contributed by atoms with Crippen molar-refractivity contribution in [2.45, 2.75) is 74.3 Å². The van der Waals surface area contributed by atoms with Gasteiger partial charge in [-0.2, -0.15) is 0 Å². The normalized spacial score (nSPS) is 49.0. The molecule has 1 heterocycles. The van der Waals surface area contributed by atoms with Gasteiger partial charge >= 0.3 is 11.9 Å². The zero-order valence-corrected chi connectivity index (χ0v) is 26.0. The Balaban J connectivity index is 1.48. The molecule has 236 valence electrons. The summed E-state index contributed by atoms with van der Waals surface area (Å²) in [6, 6.07) is 8.77. The lowest BCUT2D eigenvalue weighted by Crippen LogP contribution is -2.77. The first-order valence-corrected chi connectivity index (χ1v) is 15.5. The van der Waals surface area contributed by atoms with Crippen LogP contribution in [0, 0.1) is 34.5 Å². The Labute approximate surface area is 253 Å². The van der Waals surface area contributed by atoms with E-state index in [4.69, 9.17) is 28.4 Å². The van der Waals surface area contributed by atoms with Crippen molar-refractivity contribution in [2.75, 3.05) is 48.6 Å². The molecule has 13 atom stereocenters. The first kappa shape index (κ1) is 29.6. The number of likely N-dealkylation sites (tertiary alicyclic amines) is 1. The second-order valence-electron chi connectivity index (χ2n) is 14.1. The van der Waals surface area contributed by atoms with Gasteiger partial charge in [0.2, 0.25) is 0 Å². The quantitative estimate of drug-likeness (QED) is 0.447. The van der Waals surface area contributed by atoms with Crippen LogP contribution in [0.25, 0.3) is 0 Å². The number of ether oxygens (including phenoxy) is 6. The van der Waals surface area contributed by atoms with Crippen LogP contribution >= 0.6 is 0 Å². The number of piperidine rings is 1. The Morgan fingerprint density at radius 1 is 1.00 bits per heavy atom. The highest BCUT2D eigenvalue weighted by Crippen LogP contribution is 2.80. The van der Waals surface area contributed by atoms with Gasteiger partial charge < -0.3 is 38.4 Å². The van der Waals surface area contributed by atoms with Crippen LogP contribution < -0.4 is 0 Å². The summed E-state index contributed by atoms with van der Waals surface area (Å²) in [5.41, 5.74) is -2.88. The highest BCUT2D eigenvalue weighted by atomic mass is 16.6. The van der Waals surface area contributed by atoms with Crippen molar-refractivity contribution in [1.29, 1.82) is 0 Å². The van der Waals surface area contributed by atoms with Crippen LogP contribution in [0.1, 0.15) is 43.0 Å². The molecule has 7 rings (SSSR count). The second kappa shape index (κ2) is 9.96. The van der Waals surface area contributed by atoms with E-state index in [0.29, 0.717) is 18.6 Å². The van der Waals surface area contributed by atoms with E-state index in [1.54, 1.807) is 52.7 Å². The zero-order valence-electron chi connectivity index (χ0n) is 26.0. The number of fused-ring (bicyclic) bond motifs is 2. The van der Waals surface area contributed by atoms with Gasteiger partial charge in [0.15, 0.2) is 0 Å². The van der Waals surface area contributed by atoms with Crippen LogP contribution in [-0.2, 0) is 33.2 Å². The number of aliphatic hydroxyl groups is 1. The summed E-state index contributed by atoms with van der Waals surface area (Å²) < 4.78 is 38.0. The van der Waals surface area contributed by atoms with Crippen LogP contribution in [-0.4, -0.2) is 112 Å². The van der Waals surface area contributed by atoms with Crippen LogP contribution in [0.4, 0.5) is 0 Å². The molecule has 0 unspecified atom stereocenters. The molecular weight excluding hydrogens is 554 g/mol. The molecule has 1 aromatic carbocycles. The lowest BCUT2D eigenvalue weighted by Gasteiger charge is -2.69. The van der Waals surface area contributed by atoms with Gasteiger partial charge in [0.05, 0.1) is 30.5 Å². The molecule has 0 radical (unpaired) electrons. The molecule has 1 aromatic rings. The number of rotatable bonds is 8. The molecule has 6 fully saturated rings. The van der Waals surface area contributed by atoms with E-state index in [-0.39, 0.29) is 47.8 Å². The van der Waals surface area contributed by atoms with Gasteiger partial charge in [-0.25, -0.2) is 4.79 Å². The topological polar surface area (TPSA) is 113 Å². The molecule has 5 aliphatic carbocycles. The van der Waals surface area contributed by atoms with Gasteiger partial charge in [-0.3, -0.25) is 4.79 Å². The maximum absolute atomic E-state index is 13.7. The molecular formula is C33H45NO9. The first-order chi connectivity index (χ1) is 20.6. The summed E-state index contributed by atoms with van der Waals surface area (Å²) in [5, 5.41) is 12.7. The lowest BCUT2D eigenvalue weighted by molar-refractivity contribution is -0.285. The minimum atomic E-state index is -1.48. The van der Waals surface area contributed by atoms with Crippen molar-refractivity contribution in [1.82, 2.24) is 4.90 Å². The summed E-state index contributed by atoms with van der Waals surface area (Å²) in [5.74, 6) is -1.87. The molecule has 1 aliphatic heterocycles. The molecule has 0 aromatic heterocycles. The Morgan fingerprint density at radius 2 is 1.72 bits per heavy atom. The van der Waals surface area contributed by atoms with Gasteiger partial charge in [0.25, 0.3) is 0 Å². The third-order valence-corrected chi connectivity index (χ3v) is 12.7. The Bertz CT molecular complexity index is 1280. The fourth-order valence-corrected chi connectivity index (χ4v) is 12.2. The molecule has 5 saturated carbocycles. The zero-order chi connectivity index (χ0) is 30.5. The monoisotopic (exact) mass is 599 g/mol. The van der Waals surface area contributed by atoms with Crippen LogP contribution in [0.3, 0.4) is 0 Å². The van der Waals surface area contributed by atoms with E-state index in [1.165, 1.54) is 6.92 Å². The third kappa shape index (κ3) is 3.51. The standard InChI is InChI=1S/C33H45NO9/c1-18(35)43-32-15-22(40-5)31(37)14-20(23(32)28(31)42-29(36)19-10-8-7-9-11-19)33-21(39-4)12-13-30(17-38-3)16-34(2)27(33)24(32)25(41-6)26(30)33/h7-11,20-28,37H,12-17H2,1-6H3/t20-,21+,22+,23-,24+,25+,26-,27-,28-,30+,31+,32-,33+/m1/s1. The Hall–Kier alpha value is -2.08. The van der Waals surface area contributed by atoms with Crippen molar-refractivity contribution < 1.29 is 43.1 Å². The number of benzene rings is 1. The summed E-state index contributed by atoms with van der Waals surface area (Å²) in [6.07, 6.45) is 0.272. The van der Waals surface area contributed by atoms with Crippen LogP contribution in [0.15, 0.2) is 30.3 Å². The van der Waals surface area contributed by atoms with Crippen molar-refractivity contribution in [3.63, 3.8) is 0 Å². The number of carbonyl (C=O) groups is 2. The number of nitrogens with zero attached hydrogens (tertiary/aromatic N) is 1. The summed E-state index contributed by atoms with van der Waals surface area (Å²) >= 11 is 0. The molecule has 1 saturated heterocycles. The van der Waals surface area contributed by atoms with Gasteiger partial charge in [-0.05, 0) is 44.4 Å². The van der Waals surface area contributed by atoms with Gasteiger partial charge in [-0.1, -0.05) is 18.2 Å². The molecule has 7 bridgehead atoms. The molecule has 1 N–H and O–H groups in total. The van der Waals surface area contributed by atoms with Crippen LogP contribution in [0.2, 0.25) is 0 Å². The van der Waals surface area contributed by atoms with E-state index < -0.39 is 46.7 Å². The van der Waals surface area contributed by atoms with Gasteiger partial charge in [0.1, 0.15) is 17.3 Å². The van der Waals surface area contributed by atoms with Gasteiger partial charge in [0, 0.05) is 83.0 Å². The SMILES string of the molecule is COC[C@@]12CC[C@H](OC)[C@@]34[C@@H]5C[C@]6(O)[C@@H](OC)C[C@@](OC(C)=O)([C@H]5[C@H]6OC(=O)c5ccccc5)[C@@H]([C@H](OC)[C@H]13)[C@H]4N(C)C2.